The van der Waals surface area contributed by atoms with E-state index in [4.69, 9.17) is 4.74 Å². The Morgan fingerprint density at radius 1 is 1.59 bits per heavy atom. The number of methoxy groups -OCH3 is 1. The van der Waals surface area contributed by atoms with Crippen molar-refractivity contribution >= 4 is 0 Å². The van der Waals surface area contributed by atoms with Gasteiger partial charge >= 0.3 is 0 Å². The summed E-state index contributed by atoms with van der Waals surface area (Å²) >= 11 is 0. The minimum atomic E-state index is -0.365. The van der Waals surface area contributed by atoms with Gasteiger partial charge in [-0.05, 0) is 14.1 Å². The maximum absolute atomic E-state index is 9.65. The fourth-order valence-electron chi connectivity index (χ4n) is 1.64. The molecule has 6 nitrogen and oxygen atoms in total. The number of hydrogen-bond acceptors (Lipinski definition) is 5. The predicted molar refractivity (Wildman–Crippen MR) is 66.0 cm³/mol. The third-order valence-corrected chi connectivity index (χ3v) is 2.36. The maximum atomic E-state index is 9.65. The lowest BCUT2D eigenvalue weighted by Crippen LogP contribution is -2.34. The van der Waals surface area contributed by atoms with Gasteiger partial charge in [-0.15, -0.1) is 0 Å². The van der Waals surface area contributed by atoms with Crippen LogP contribution < -0.4 is 10.1 Å². The molecule has 0 saturated heterocycles. The van der Waals surface area contributed by atoms with Crippen LogP contribution >= 0.6 is 0 Å². The summed E-state index contributed by atoms with van der Waals surface area (Å²) in [4.78, 5) is 1.95. The van der Waals surface area contributed by atoms with Crippen molar-refractivity contribution in [3.8, 4) is 5.88 Å². The predicted octanol–water partition coefficient (Wildman–Crippen LogP) is -0.559. The summed E-state index contributed by atoms with van der Waals surface area (Å²) in [5.41, 5.74) is 0.904. The highest BCUT2D eigenvalue weighted by atomic mass is 16.5. The maximum Gasteiger partial charge on any atom is 0.211 e. The van der Waals surface area contributed by atoms with Crippen molar-refractivity contribution < 1.29 is 9.84 Å². The average Bonchev–Trinajstić information content (AvgIpc) is 2.57. The lowest BCUT2D eigenvalue weighted by Gasteiger charge is -2.15. The second-order valence-corrected chi connectivity index (χ2v) is 4.35. The smallest absolute Gasteiger partial charge is 0.211 e. The molecule has 0 fully saturated rings. The highest BCUT2D eigenvalue weighted by Crippen LogP contribution is 2.10. The van der Waals surface area contributed by atoms with E-state index in [0.717, 1.165) is 11.6 Å². The zero-order chi connectivity index (χ0) is 12.8. The molecule has 0 aliphatic rings. The molecule has 1 aromatic heterocycles. The number of aliphatic hydroxyl groups is 1. The molecule has 0 aliphatic heterocycles. The van der Waals surface area contributed by atoms with Crippen LogP contribution in [0.25, 0.3) is 0 Å². The van der Waals surface area contributed by atoms with E-state index in [9.17, 15) is 5.11 Å². The molecule has 1 aromatic rings. The third kappa shape index (κ3) is 4.72. The van der Waals surface area contributed by atoms with E-state index in [0.29, 0.717) is 19.6 Å². The number of hydrogen-bond donors (Lipinski definition) is 2. The van der Waals surface area contributed by atoms with Gasteiger partial charge in [0.1, 0.15) is 0 Å². The Kier molecular flexibility index (Phi) is 5.40. The first-order valence-electron chi connectivity index (χ1n) is 5.63. The summed E-state index contributed by atoms with van der Waals surface area (Å²) in [6.07, 6.45) is -0.365. The van der Waals surface area contributed by atoms with Crippen molar-refractivity contribution in [2.45, 2.75) is 12.6 Å². The van der Waals surface area contributed by atoms with Gasteiger partial charge in [0.2, 0.25) is 5.88 Å². The topological polar surface area (TPSA) is 62.5 Å². The zero-order valence-electron chi connectivity index (χ0n) is 11.0. The molecule has 1 heterocycles. The molecule has 0 amide bonds. The Bertz CT molecular complexity index is 338. The number of nitrogens with zero attached hydrogens (tertiary/aromatic N) is 3. The van der Waals surface area contributed by atoms with E-state index in [1.807, 2.05) is 32.1 Å². The largest absolute Gasteiger partial charge is 0.481 e. The number of aromatic nitrogens is 2. The molecule has 1 atom stereocenters. The van der Waals surface area contributed by atoms with Gasteiger partial charge in [-0.3, -0.25) is 0 Å². The first-order valence-corrected chi connectivity index (χ1v) is 5.63. The van der Waals surface area contributed by atoms with Gasteiger partial charge in [0.05, 0.1) is 18.9 Å². The van der Waals surface area contributed by atoms with Crippen LogP contribution in [0.4, 0.5) is 0 Å². The number of rotatable bonds is 7. The summed E-state index contributed by atoms with van der Waals surface area (Å²) in [7, 11) is 7.33. The van der Waals surface area contributed by atoms with Gasteiger partial charge in [-0.2, -0.15) is 5.10 Å². The fraction of sp³-hybridized carbons (Fsp3) is 0.727. The van der Waals surface area contributed by atoms with Crippen LogP contribution in [0.1, 0.15) is 5.69 Å². The molecule has 0 aliphatic carbocycles. The molecule has 1 unspecified atom stereocenters. The van der Waals surface area contributed by atoms with E-state index in [2.05, 4.69) is 10.4 Å². The second-order valence-electron chi connectivity index (χ2n) is 4.35. The minimum Gasteiger partial charge on any atom is -0.481 e. The second kappa shape index (κ2) is 6.58. The van der Waals surface area contributed by atoms with Crippen molar-refractivity contribution in [3.63, 3.8) is 0 Å². The molecule has 2 N–H and O–H groups in total. The van der Waals surface area contributed by atoms with E-state index in [1.165, 1.54) is 0 Å². The Morgan fingerprint density at radius 2 is 2.29 bits per heavy atom. The molecule has 1 rings (SSSR count). The number of aliphatic hydroxyl groups excluding tert-OH is 1. The first-order chi connectivity index (χ1) is 8.02. The summed E-state index contributed by atoms with van der Waals surface area (Å²) in [5.74, 6) is 0.732. The van der Waals surface area contributed by atoms with Crippen LogP contribution in [0.2, 0.25) is 0 Å². The van der Waals surface area contributed by atoms with Crippen molar-refractivity contribution in [2.24, 2.45) is 7.05 Å². The van der Waals surface area contributed by atoms with Crippen LogP contribution in [0.5, 0.6) is 5.88 Å². The molecule has 17 heavy (non-hydrogen) atoms. The van der Waals surface area contributed by atoms with Crippen LogP contribution in [0, 0.1) is 0 Å². The van der Waals surface area contributed by atoms with E-state index in [-0.39, 0.29) is 6.10 Å². The van der Waals surface area contributed by atoms with Gasteiger partial charge in [0, 0.05) is 32.7 Å². The van der Waals surface area contributed by atoms with Gasteiger partial charge in [0.15, 0.2) is 0 Å². The number of nitrogens with one attached hydrogen (secondary N) is 1. The fourth-order valence-corrected chi connectivity index (χ4v) is 1.64. The van der Waals surface area contributed by atoms with E-state index >= 15 is 0 Å². The lowest BCUT2D eigenvalue weighted by atomic mass is 10.3. The molecular weight excluding hydrogens is 220 g/mol. The Labute approximate surface area is 102 Å². The summed E-state index contributed by atoms with van der Waals surface area (Å²) in [6, 6.07) is 1.88. The van der Waals surface area contributed by atoms with E-state index < -0.39 is 0 Å². The molecule has 98 valence electrons. The van der Waals surface area contributed by atoms with Crippen LogP contribution in [-0.4, -0.2) is 60.2 Å². The van der Waals surface area contributed by atoms with Gasteiger partial charge in [-0.1, -0.05) is 0 Å². The van der Waals surface area contributed by atoms with Crippen molar-refractivity contribution in [1.82, 2.24) is 20.0 Å². The minimum absolute atomic E-state index is 0.365. The molecule has 0 bridgehead atoms. The van der Waals surface area contributed by atoms with Gasteiger partial charge in [0.25, 0.3) is 0 Å². The lowest BCUT2D eigenvalue weighted by molar-refractivity contribution is 0.134. The molecule has 0 spiro atoms. The van der Waals surface area contributed by atoms with Gasteiger partial charge < -0.3 is 20.1 Å². The van der Waals surface area contributed by atoms with Crippen molar-refractivity contribution in [3.05, 3.63) is 11.8 Å². The molecule has 0 radical (unpaired) electrons. The first kappa shape index (κ1) is 14.0. The molecule has 0 saturated carbocycles. The average molecular weight is 242 g/mol. The standard InChI is InChI=1S/C11H22N4O2/c1-14(2)8-10(16)7-12-6-9-5-11(17-4)15(3)13-9/h5,10,12,16H,6-8H2,1-4H3. The quantitative estimate of drug-likeness (QED) is 0.671. The van der Waals surface area contributed by atoms with Crippen molar-refractivity contribution in [1.29, 1.82) is 0 Å². The van der Waals surface area contributed by atoms with Crippen molar-refractivity contribution in [2.75, 3.05) is 34.3 Å². The van der Waals surface area contributed by atoms with Crippen LogP contribution in [0.15, 0.2) is 6.07 Å². The Morgan fingerprint density at radius 3 is 2.82 bits per heavy atom. The zero-order valence-corrected chi connectivity index (χ0v) is 11.0. The Balaban J connectivity index is 2.30. The number of aryl methyl sites for hydroxylation is 1. The normalized spacial score (nSPS) is 13.1. The van der Waals surface area contributed by atoms with Gasteiger partial charge in [-0.25, -0.2) is 4.68 Å². The van der Waals surface area contributed by atoms with Crippen LogP contribution in [0.3, 0.4) is 0 Å². The molecule has 6 heteroatoms. The molecule has 0 aromatic carbocycles. The Hall–Kier alpha value is -1.11. The number of ether oxygens (including phenoxy) is 1. The van der Waals surface area contributed by atoms with Crippen LogP contribution in [-0.2, 0) is 13.6 Å². The highest BCUT2D eigenvalue weighted by Gasteiger charge is 2.07. The summed E-state index contributed by atoms with van der Waals surface area (Å²) < 4.78 is 6.81. The third-order valence-electron chi connectivity index (χ3n) is 2.36. The summed E-state index contributed by atoms with van der Waals surface area (Å²) in [6.45, 7) is 1.83. The SMILES string of the molecule is COc1cc(CNCC(O)CN(C)C)nn1C. The highest BCUT2D eigenvalue weighted by molar-refractivity contribution is 5.15. The number of likely N-dealkylation sites (N-methyl/N-ethyl adjacent to an activating group) is 1. The monoisotopic (exact) mass is 242 g/mol. The molecular formula is C11H22N4O2. The van der Waals surface area contributed by atoms with E-state index in [1.54, 1.807) is 11.8 Å². The summed E-state index contributed by atoms with van der Waals surface area (Å²) in [5, 5.41) is 17.1.